The van der Waals surface area contributed by atoms with Gasteiger partial charge >= 0.3 is 0 Å². The number of hydrogen-bond acceptors (Lipinski definition) is 3. The van der Waals surface area contributed by atoms with Gasteiger partial charge in [0.05, 0.1) is 18.0 Å². The fraction of sp³-hybridized carbons (Fsp3) is 0.200. The van der Waals surface area contributed by atoms with E-state index in [1.54, 1.807) is 0 Å². The van der Waals surface area contributed by atoms with Crippen LogP contribution < -0.4 is 15.8 Å². The molecule has 0 aliphatic heterocycles. The third-order valence-corrected chi connectivity index (χ3v) is 2.97. The standard InChI is InChI=1S/C15H17ClN2O/c1-2-19-14-8-4-7-13(15(14)17)18-10-11-5-3-6-12(16)9-11/h3-9,18H,2,10,17H2,1H3. The molecule has 0 aliphatic rings. The summed E-state index contributed by atoms with van der Waals surface area (Å²) in [5, 5.41) is 4.02. The van der Waals surface area contributed by atoms with Crippen LogP contribution in [0.3, 0.4) is 0 Å². The first-order chi connectivity index (χ1) is 9.20. The predicted molar refractivity (Wildman–Crippen MR) is 80.8 cm³/mol. The maximum atomic E-state index is 6.05. The van der Waals surface area contributed by atoms with E-state index in [0.717, 1.165) is 16.3 Å². The summed E-state index contributed by atoms with van der Waals surface area (Å²) in [7, 11) is 0. The van der Waals surface area contributed by atoms with Gasteiger partial charge in [0.2, 0.25) is 0 Å². The molecule has 3 N–H and O–H groups in total. The molecule has 0 bridgehead atoms. The van der Waals surface area contributed by atoms with Crippen LogP contribution >= 0.6 is 11.6 Å². The quantitative estimate of drug-likeness (QED) is 0.814. The average Bonchev–Trinajstić information content (AvgIpc) is 2.40. The molecule has 0 saturated heterocycles. The van der Waals surface area contributed by atoms with E-state index in [0.29, 0.717) is 24.6 Å². The molecule has 0 amide bonds. The molecule has 0 fully saturated rings. The third kappa shape index (κ3) is 3.55. The fourth-order valence-corrected chi connectivity index (χ4v) is 2.04. The average molecular weight is 277 g/mol. The van der Waals surface area contributed by atoms with E-state index >= 15 is 0 Å². The highest BCUT2D eigenvalue weighted by Gasteiger charge is 2.05. The van der Waals surface area contributed by atoms with Crippen LogP contribution in [-0.4, -0.2) is 6.61 Å². The largest absolute Gasteiger partial charge is 0.492 e. The Morgan fingerprint density at radius 3 is 2.74 bits per heavy atom. The number of ether oxygens (including phenoxy) is 1. The van der Waals surface area contributed by atoms with Crippen molar-refractivity contribution in [3.05, 3.63) is 53.1 Å². The summed E-state index contributed by atoms with van der Waals surface area (Å²) in [5.41, 5.74) is 8.65. The Morgan fingerprint density at radius 2 is 2.00 bits per heavy atom. The number of benzene rings is 2. The smallest absolute Gasteiger partial charge is 0.144 e. The highest BCUT2D eigenvalue weighted by Crippen LogP contribution is 2.29. The molecule has 19 heavy (non-hydrogen) atoms. The summed E-state index contributed by atoms with van der Waals surface area (Å²) in [4.78, 5) is 0. The van der Waals surface area contributed by atoms with E-state index in [-0.39, 0.29) is 0 Å². The topological polar surface area (TPSA) is 47.3 Å². The number of nitrogens with two attached hydrogens (primary N) is 1. The van der Waals surface area contributed by atoms with E-state index < -0.39 is 0 Å². The fourth-order valence-electron chi connectivity index (χ4n) is 1.82. The van der Waals surface area contributed by atoms with Gasteiger partial charge in [-0.1, -0.05) is 29.8 Å². The molecule has 0 heterocycles. The molecular weight excluding hydrogens is 260 g/mol. The molecular formula is C15H17ClN2O. The monoisotopic (exact) mass is 276 g/mol. The molecule has 0 radical (unpaired) electrons. The number of hydrogen-bond donors (Lipinski definition) is 2. The van der Waals surface area contributed by atoms with Crippen molar-refractivity contribution in [3.8, 4) is 5.75 Å². The highest BCUT2D eigenvalue weighted by molar-refractivity contribution is 6.30. The molecule has 0 aromatic heterocycles. The first-order valence-electron chi connectivity index (χ1n) is 6.20. The summed E-state index contributed by atoms with van der Waals surface area (Å²) < 4.78 is 5.46. The first kappa shape index (κ1) is 13.6. The van der Waals surface area contributed by atoms with Crippen molar-refractivity contribution in [1.82, 2.24) is 0 Å². The van der Waals surface area contributed by atoms with Gasteiger partial charge in [0.25, 0.3) is 0 Å². The van der Waals surface area contributed by atoms with Crippen molar-refractivity contribution < 1.29 is 4.74 Å². The molecule has 0 atom stereocenters. The normalized spacial score (nSPS) is 10.2. The molecule has 100 valence electrons. The van der Waals surface area contributed by atoms with E-state index in [1.165, 1.54) is 0 Å². The Bertz CT molecular complexity index is 558. The van der Waals surface area contributed by atoms with Crippen LogP contribution in [0, 0.1) is 0 Å². The summed E-state index contributed by atoms with van der Waals surface area (Å²) in [5.74, 6) is 0.707. The summed E-state index contributed by atoms with van der Waals surface area (Å²) in [6, 6.07) is 13.4. The maximum Gasteiger partial charge on any atom is 0.144 e. The van der Waals surface area contributed by atoms with Gasteiger partial charge in [0, 0.05) is 11.6 Å². The van der Waals surface area contributed by atoms with Crippen molar-refractivity contribution in [3.63, 3.8) is 0 Å². The molecule has 0 spiro atoms. The summed E-state index contributed by atoms with van der Waals surface area (Å²) >= 11 is 5.95. The van der Waals surface area contributed by atoms with Gasteiger partial charge in [-0.3, -0.25) is 0 Å². The van der Waals surface area contributed by atoms with Crippen molar-refractivity contribution in [2.24, 2.45) is 0 Å². The van der Waals surface area contributed by atoms with Gasteiger partial charge in [0.1, 0.15) is 5.75 Å². The predicted octanol–water partition coefficient (Wildman–Crippen LogP) is 3.93. The van der Waals surface area contributed by atoms with Crippen molar-refractivity contribution >= 4 is 23.0 Å². The lowest BCUT2D eigenvalue weighted by Gasteiger charge is -2.13. The van der Waals surface area contributed by atoms with Gasteiger partial charge in [-0.25, -0.2) is 0 Å². The van der Waals surface area contributed by atoms with Crippen LogP contribution in [0.2, 0.25) is 5.02 Å². The zero-order valence-electron chi connectivity index (χ0n) is 10.8. The Kier molecular flexibility index (Phi) is 4.53. The van der Waals surface area contributed by atoms with E-state index in [4.69, 9.17) is 22.1 Å². The lowest BCUT2D eigenvalue weighted by molar-refractivity contribution is 0.342. The van der Waals surface area contributed by atoms with Gasteiger partial charge in [0.15, 0.2) is 0 Å². The second-order valence-corrected chi connectivity index (χ2v) is 4.57. The van der Waals surface area contributed by atoms with E-state index in [9.17, 15) is 0 Å². The Labute approximate surface area is 118 Å². The number of nitrogens with one attached hydrogen (secondary N) is 1. The molecule has 2 aromatic carbocycles. The van der Waals surface area contributed by atoms with E-state index in [1.807, 2.05) is 49.4 Å². The van der Waals surface area contributed by atoms with Crippen LogP contribution in [0.25, 0.3) is 0 Å². The van der Waals surface area contributed by atoms with Crippen LogP contribution in [0.4, 0.5) is 11.4 Å². The number of anilines is 2. The number of halogens is 1. The highest BCUT2D eigenvalue weighted by atomic mass is 35.5. The van der Waals surface area contributed by atoms with Crippen molar-refractivity contribution in [2.45, 2.75) is 13.5 Å². The minimum atomic E-state index is 0.599. The number of rotatable bonds is 5. The zero-order chi connectivity index (χ0) is 13.7. The minimum Gasteiger partial charge on any atom is -0.492 e. The number of nitrogen functional groups attached to an aromatic ring is 1. The Balaban J connectivity index is 2.09. The Hall–Kier alpha value is -1.87. The Morgan fingerprint density at radius 1 is 1.21 bits per heavy atom. The molecule has 4 heteroatoms. The van der Waals surface area contributed by atoms with Gasteiger partial charge in [-0.05, 0) is 36.8 Å². The van der Waals surface area contributed by atoms with Crippen LogP contribution in [0.15, 0.2) is 42.5 Å². The van der Waals surface area contributed by atoms with Crippen LogP contribution in [-0.2, 0) is 6.54 Å². The van der Waals surface area contributed by atoms with Gasteiger partial charge in [-0.2, -0.15) is 0 Å². The lowest BCUT2D eigenvalue weighted by atomic mass is 10.2. The minimum absolute atomic E-state index is 0.599. The second kappa shape index (κ2) is 6.34. The van der Waals surface area contributed by atoms with Crippen LogP contribution in [0.5, 0.6) is 5.75 Å². The summed E-state index contributed by atoms with van der Waals surface area (Å²) in [6.45, 7) is 3.20. The first-order valence-corrected chi connectivity index (χ1v) is 6.58. The van der Waals surface area contributed by atoms with Crippen LogP contribution in [0.1, 0.15) is 12.5 Å². The van der Waals surface area contributed by atoms with Crippen molar-refractivity contribution in [2.75, 3.05) is 17.7 Å². The van der Waals surface area contributed by atoms with Gasteiger partial charge in [-0.15, -0.1) is 0 Å². The molecule has 0 saturated carbocycles. The SMILES string of the molecule is CCOc1cccc(NCc2cccc(Cl)c2)c1N. The van der Waals surface area contributed by atoms with Crippen molar-refractivity contribution in [1.29, 1.82) is 0 Å². The van der Waals surface area contributed by atoms with E-state index in [2.05, 4.69) is 5.32 Å². The third-order valence-electron chi connectivity index (χ3n) is 2.74. The molecule has 0 unspecified atom stereocenters. The zero-order valence-corrected chi connectivity index (χ0v) is 11.6. The molecule has 0 aliphatic carbocycles. The molecule has 2 aromatic rings. The molecule has 3 nitrogen and oxygen atoms in total. The maximum absolute atomic E-state index is 6.05. The lowest BCUT2D eigenvalue weighted by Crippen LogP contribution is -2.04. The summed E-state index contributed by atoms with van der Waals surface area (Å²) in [6.07, 6.45) is 0. The second-order valence-electron chi connectivity index (χ2n) is 4.13. The van der Waals surface area contributed by atoms with Gasteiger partial charge < -0.3 is 15.8 Å². The molecule has 2 rings (SSSR count). The number of para-hydroxylation sites is 1.